The number of thioether (sulfide) groups is 1. The zero-order valence-electron chi connectivity index (χ0n) is 16.3. The van der Waals surface area contributed by atoms with Gasteiger partial charge >= 0.3 is 0 Å². The number of aromatic nitrogens is 2. The lowest BCUT2D eigenvalue weighted by atomic mass is 9.97. The Morgan fingerprint density at radius 3 is 2.86 bits per heavy atom. The SMILES string of the molecule is C=CCn1c(S[C@H](C)C(=O)NC2CCCC2)nc2sc3c(c2c1=O)CCCC3. The topological polar surface area (TPSA) is 64.0 Å². The number of hydrogen-bond donors (Lipinski definition) is 1. The van der Waals surface area contributed by atoms with Crippen LogP contribution in [-0.4, -0.2) is 26.8 Å². The standard InChI is InChI=1S/C21H27N3O2S2/c1-3-12-24-20(26)17-15-10-6-7-11-16(15)28-19(17)23-21(24)27-13(2)18(25)22-14-8-4-5-9-14/h3,13-14H,1,4-12H2,2H3,(H,22,25)/t13-/m1/s1. The minimum absolute atomic E-state index is 0.00945. The van der Waals surface area contributed by atoms with Gasteiger partial charge in [-0.3, -0.25) is 14.2 Å². The second kappa shape index (κ2) is 8.41. The van der Waals surface area contributed by atoms with Gasteiger partial charge in [-0.05, 0) is 51.0 Å². The van der Waals surface area contributed by atoms with Crippen LogP contribution in [0.15, 0.2) is 22.6 Å². The smallest absolute Gasteiger partial charge is 0.263 e. The largest absolute Gasteiger partial charge is 0.352 e. The molecule has 150 valence electrons. The Morgan fingerprint density at radius 1 is 1.36 bits per heavy atom. The van der Waals surface area contributed by atoms with Crippen LogP contribution in [0.5, 0.6) is 0 Å². The van der Waals surface area contributed by atoms with Crippen LogP contribution in [0.25, 0.3) is 10.2 Å². The van der Waals surface area contributed by atoms with Crippen molar-refractivity contribution in [1.29, 1.82) is 0 Å². The molecule has 0 aliphatic heterocycles. The molecule has 0 saturated heterocycles. The van der Waals surface area contributed by atoms with E-state index in [1.165, 1.54) is 41.5 Å². The summed E-state index contributed by atoms with van der Waals surface area (Å²) in [6, 6.07) is 0.297. The van der Waals surface area contributed by atoms with Crippen molar-refractivity contribution >= 4 is 39.2 Å². The number of allylic oxidation sites excluding steroid dienone is 1. The molecule has 4 rings (SSSR count). The highest BCUT2D eigenvalue weighted by Crippen LogP contribution is 2.35. The number of nitrogens with one attached hydrogen (secondary N) is 1. The third kappa shape index (κ3) is 3.79. The minimum Gasteiger partial charge on any atom is -0.352 e. The van der Waals surface area contributed by atoms with E-state index in [0.29, 0.717) is 17.7 Å². The number of fused-ring (bicyclic) bond motifs is 3. The highest BCUT2D eigenvalue weighted by atomic mass is 32.2. The first kappa shape index (κ1) is 19.7. The number of nitrogens with zero attached hydrogens (tertiary/aromatic N) is 2. The van der Waals surface area contributed by atoms with Crippen LogP contribution < -0.4 is 10.9 Å². The molecule has 0 unspecified atom stereocenters. The Hall–Kier alpha value is -1.60. The molecule has 0 aromatic carbocycles. The summed E-state index contributed by atoms with van der Waals surface area (Å²) in [5.41, 5.74) is 1.21. The molecule has 2 aromatic rings. The lowest BCUT2D eigenvalue weighted by Gasteiger charge is -2.17. The van der Waals surface area contributed by atoms with Crippen molar-refractivity contribution in [2.45, 2.75) is 81.3 Å². The van der Waals surface area contributed by atoms with Gasteiger partial charge in [0.2, 0.25) is 5.91 Å². The molecule has 2 aromatic heterocycles. The van der Waals surface area contributed by atoms with Crippen LogP contribution >= 0.6 is 23.1 Å². The zero-order valence-corrected chi connectivity index (χ0v) is 18.0. The first-order chi connectivity index (χ1) is 13.6. The molecular formula is C21H27N3O2S2. The molecule has 2 aliphatic rings. The molecular weight excluding hydrogens is 390 g/mol. The van der Waals surface area contributed by atoms with Crippen molar-refractivity contribution in [3.05, 3.63) is 33.4 Å². The summed E-state index contributed by atoms with van der Waals surface area (Å²) in [6.45, 7) is 6.10. The third-order valence-corrected chi connectivity index (χ3v) is 7.98. The van der Waals surface area contributed by atoms with Gasteiger partial charge in [0.05, 0.1) is 10.6 Å². The van der Waals surface area contributed by atoms with E-state index in [4.69, 9.17) is 4.98 Å². The average Bonchev–Trinajstić information content (AvgIpc) is 3.31. The number of rotatable bonds is 6. The quantitative estimate of drug-likeness (QED) is 0.437. The van der Waals surface area contributed by atoms with Gasteiger partial charge in [-0.2, -0.15) is 0 Å². The van der Waals surface area contributed by atoms with Gasteiger partial charge in [0.15, 0.2) is 5.16 Å². The maximum absolute atomic E-state index is 13.3. The van der Waals surface area contributed by atoms with Crippen LogP contribution in [-0.2, 0) is 24.2 Å². The lowest BCUT2D eigenvalue weighted by Crippen LogP contribution is -2.38. The van der Waals surface area contributed by atoms with Crippen LogP contribution in [0.1, 0.15) is 55.9 Å². The molecule has 2 aliphatic carbocycles. The molecule has 1 N–H and O–H groups in total. The van der Waals surface area contributed by atoms with Crippen molar-refractivity contribution < 1.29 is 4.79 Å². The number of thiophene rings is 1. The van der Waals surface area contributed by atoms with Gasteiger partial charge in [-0.15, -0.1) is 17.9 Å². The number of carbonyl (C=O) groups is 1. The summed E-state index contributed by atoms with van der Waals surface area (Å²) in [4.78, 5) is 32.8. The lowest BCUT2D eigenvalue weighted by molar-refractivity contribution is -0.120. The molecule has 1 atom stereocenters. The van der Waals surface area contributed by atoms with Gasteiger partial charge in [0.1, 0.15) is 4.83 Å². The number of carbonyl (C=O) groups excluding carboxylic acids is 1. The summed E-state index contributed by atoms with van der Waals surface area (Å²) < 4.78 is 1.68. The summed E-state index contributed by atoms with van der Waals surface area (Å²) in [5.74, 6) is 0.0295. The van der Waals surface area contributed by atoms with E-state index < -0.39 is 0 Å². The third-order valence-electron chi connectivity index (χ3n) is 5.70. The van der Waals surface area contributed by atoms with Gasteiger partial charge in [-0.1, -0.05) is 30.7 Å². The molecule has 2 heterocycles. The maximum atomic E-state index is 13.3. The Labute approximate surface area is 173 Å². The fourth-order valence-corrected chi connectivity index (χ4v) is 6.43. The molecule has 0 radical (unpaired) electrons. The second-order valence-corrected chi connectivity index (χ2v) is 10.1. The first-order valence-electron chi connectivity index (χ1n) is 10.2. The van der Waals surface area contributed by atoms with Crippen LogP contribution in [0, 0.1) is 0 Å². The molecule has 1 saturated carbocycles. The summed E-state index contributed by atoms with van der Waals surface area (Å²) in [7, 11) is 0. The van der Waals surface area contributed by atoms with Gasteiger partial charge in [0, 0.05) is 17.5 Å². The zero-order chi connectivity index (χ0) is 19.7. The Bertz CT molecular complexity index is 957. The van der Waals surface area contributed by atoms with Crippen LogP contribution in [0.3, 0.4) is 0 Å². The van der Waals surface area contributed by atoms with Crippen molar-refractivity contribution in [1.82, 2.24) is 14.9 Å². The van der Waals surface area contributed by atoms with Crippen molar-refractivity contribution in [2.24, 2.45) is 0 Å². The normalized spacial score (nSPS) is 18.2. The highest BCUT2D eigenvalue weighted by molar-refractivity contribution is 8.00. The Morgan fingerprint density at radius 2 is 2.11 bits per heavy atom. The second-order valence-electron chi connectivity index (χ2n) is 7.74. The van der Waals surface area contributed by atoms with E-state index in [1.54, 1.807) is 22.0 Å². The molecule has 5 nitrogen and oxygen atoms in total. The predicted molar refractivity (Wildman–Crippen MR) is 116 cm³/mol. The van der Waals surface area contributed by atoms with Crippen molar-refractivity contribution in [2.75, 3.05) is 0 Å². The van der Waals surface area contributed by atoms with Crippen molar-refractivity contribution in [3.8, 4) is 0 Å². The average molecular weight is 418 g/mol. The van der Waals surface area contributed by atoms with Gasteiger partial charge in [0.25, 0.3) is 5.56 Å². The van der Waals surface area contributed by atoms with E-state index in [0.717, 1.165) is 42.3 Å². The highest BCUT2D eigenvalue weighted by Gasteiger charge is 2.25. The molecule has 28 heavy (non-hydrogen) atoms. The number of aryl methyl sites for hydroxylation is 2. The van der Waals surface area contributed by atoms with E-state index >= 15 is 0 Å². The summed E-state index contributed by atoms with van der Waals surface area (Å²) >= 11 is 3.03. The molecule has 1 fully saturated rings. The van der Waals surface area contributed by atoms with E-state index in [9.17, 15) is 9.59 Å². The van der Waals surface area contributed by atoms with E-state index in [-0.39, 0.29) is 16.7 Å². The molecule has 0 bridgehead atoms. The monoisotopic (exact) mass is 417 g/mol. The summed E-state index contributed by atoms with van der Waals surface area (Å²) in [6.07, 6.45) is 10.5. The van der Waals surface area contributed by atoms with Gasteiger partial charge in [-0.25, -0.2) is 4.98 Å². The van der Waals surface area contributed by atoms with Crippen molar-refractivity contribution in [3.63, 3.8) is 0 Å². The Kier molecular flexibility index (Phi) is 5.92. The maximum Gasteiger partial charge on any atom is 0.263 e. The van der Waals surface area contributed by atoms with Crippen LogP contribution in [0.2, 0.25) is 0 Å². The van der Waals surface area contributed by atoms with E-state index in [2.05, 4.69) is 11.9 Å². The Balaban J connectivity index is 1.65. The number of amides is 1. The van der Waals surface area contributed by atoms with Gasteiger partial charge < -0.3 is 5.32 Å². The number of hydrogen-bond acceptors (Lipinski definition) is 5. The fourth-order valence-electron chi connectivity index (χ4n) is 4.20. The predicted octanol–water partition coefficient (Wildman–Crippen LogP) is 4.06. The fraction of sp³-hybridized carbons (Fsp3) is 0.571. The van der Waals surface area contributed by atoms with Crippen LogP contribution in [0.4, 0.5) is 0 Å². The minimum atomic E-state index is -0.296. The molecule has 0 spiro atoms. The summed E-state index contributed by atoms with van der Waals surface area (Å²) in [5, 5.41) is 4.26. The molecule has 1 amide bonds. The van der Waals surface area contributed by atoms with E-state index in [1.807, 2.05) is 6.92 Å². The molecule has 7 heteroatoms. The first-order valence-corrected chi connectivity index (χ1v) is 11.9.